The van der Waals surface area contributed by atoms with Crippen molar-refractivity contribution in [2.24, 2.45) is 0 Å². The number of anilines is 1. The van der Waals surface area contributed by atoms with Crippen LogP contribution in [-0.4, -0.2) is 31.4 Å². The predicted molar refractivity (Wildman–Crippen MR) is 110 cm³/mol. The molecule has 2 aromatic heterocycles. The van der Waals surface area contributed by atoms with Crippen LogP contribution in [0.1, 0.15) is 0 Å². The molecule has 0 unspecified atom stereocenters. The van der Waals surface area contributed by atoms with Crippen LogP contribution in [0.3, 0.4) is 0 Å². The van der Waals surface area contributed by atoms with E-state index in [1.807, 2.05) is 54.6 Å². The third-order valence-electron chi connectivity index (χ3n) is 3.82. The second-order valence-electron chi connectivity index (χ2n) is 5.62. The molecule has 4 rings (SSSR count). The molecule has 1 amide bonds. The fourth-order valence-corrected chi connectivity index (χ4v) is 3.72. The SMILES string of the molecule is O=C(CSc1ncnc2c1cnn2-c1ccccc1)Nc1ccccc1Br. The largest absolute Gasteiger partial charge is 0.324 e. The van der Waals surface area contributed by atoms with E-state index in [1.54, 1.807) is 10.9 Å². The molecule has 4 aromatic rings. The minimum absolute atomic E-state index is 0.103. The van der Waals surface area contributed by atoms with Gasteiger partial charge in [0.25, 0.3) is 0 Å². The minimum Gasteiger partial charge on any atom is -0.324 e. The van der Waals surface area contributed by atoms with Crippen LogP contribution in [0, 0.1) is 0 Å². The molecule has 0 aliphatic heterocycles. The van der Waals surface area contributed by atoms with Crippen LogP contribution in [0.4, 0.5) is 5.69 Å². The van der Waals surface area contributed by atoms with Crippen LogP contribution >= 0.6 is 27.7 Å². The number of nitrogens with one attached hydrogen (secondary N) is 1. The molecule has 134 valence electrons. The number of thioether (sulfide) groups is 1. The molecule has 6 nitrogen and oxygen atoms in total. The van der Waals surface area contributed by atoms with E-state index in [0.717, 1.165) is 26.3 Å². The number of hydrogen-bond acceptors (Lipinski definition) is 5. The van der Waals surface area contributed by atoms with Gasteiger partial charge in [0.15, 0.2) is 5.65 Å². The van der Waals surface area contributed by atoms with Crippen molar-refractivity contribution in [2.45, 2.75) is 5.03 Å². The van der Waals surface area contributed by atoms with Crippen LogP contribution in [0.2, 0.25) is 0 Å². The van der Waals surface area contributed by atoms with E-state index < -0.39 is 0 Å². The number of carbonyl (C=O) groups is 1. The van der Waals surface area contributed by atoms with Gasteiger partial charge in [-0.25, -0.2) is 14.6 Å². The van der Waals surface area contributed by atoms with Crippen molar-refractivity contribution in [3.8, 4) is 5.69 Å². The van der Waals surface area contributed by atoms with Gasteiger partial charge in [0.05, 0.1) is 28.7 Å². The normalized spacial score (nSPS) is 10.9. The van der Waals surface area contributed by atoms with Gasteiger partial charge in [0, 0.05) is 4.47 Å². The first-order chi connectivity index (χ1) is 13.2. The Morgan fingerprint density at radius 1 is 1.07 bits per heavy atom. The Bertz CT molecular complexity index is 1100. The van der Waals surface area contributed by atoms with Crippen LogP contribution in [0.5, 0.6) is 0 Å². The molecule has 2 aromatic carbocycles. The topological polar surface area (TPSA) is 72.7 Å². The number of halogens is 1. The first-order valence-electron chi connectivity index (χ1n) is 8.14. The number of aromatic nitrogens is 4. The summed E-state index contributed by atoms with van der Waals surface area (Å²) in [5, 5.41) is 8.86. The van der Waals surface area contributed by atoms with Crippen molar-refractivity contribution in [1.82, 2.24) is 19.7 Å². The lowest BCUT2D eigenvalue weighted by atomic mass is 10.3. The monoisotopic (exact) mass is 439 g/mol. The lowest BCUT2D eigenvalue weighted by Crippen LogP contribution is -2.14. The summed E-state index contributed by atoms with van der Waals surface area (Å²) in [6, 6.07) is 17.3. The molecule has 0 bridgehead atoms. The molecule has 0 aliphatic carbocycles. The molecule has 27 heavy (non-hydrogen) atoms. The van der Waals surface area contributed by atoms with E-state index in [1.165, 1.54) is 18.1 Å². The molecule has 0 saturated heterocycles. The van der Waals surface area contributed by atoms with E-state index in [9.17, 15) is 4.79 Å². The number of rotatable bonds is 5. The number of nitrogens with zero attached hydrogens (tertiary/aromatic N) is 4. The highest BCUT2D eigenvalue weighted by Gasteiger charge is 2.13. The van der Waals surface area contributed by atoms with Gasteiger partial charge in [-0.1, -0.05) is 42.1 Å². The second kappa shape index (κ2) is 7.89. The Labute approximate surface area is 168 Å². The maximum Gasteiger partial charge on any atom is 0.234 e. The van der Waals surface area contributed by atoms with Crippen molar-refractivity contribution in [2.75, 3.05) is 11.1 Å². The van der Waals surface area contributed by atoms with Crippen molar-refractivity contribution < 1.29 is 4.79 Å². The van der Waals surface area contributed by atoms with Crippen molar-refractivity contribution in [3.05, 3.63) is 71.6 Å². The lowest BCUT2D eigenvalue weighted by molar-refractivity contribution is -0.113. The van der Waals surface area contributed by atoms with E-state index >= 15 is 0 Å². The van der Waals surface area contributed by atoms with Crippen molar-refractivity contribution in [1.29, 1.82) is 0 Å². The van der Waals surface area contributed by atoms with Crippen LogP contribution in [-0.2, 0) is 4.79 Å². The fraction of sp³-hybridized carbons (Fsp3) is 0.0526. The molecular weight excluding hydrogens is 426 g/mol. The van der Waals surface area contributed by atoms with Gasteiger partial charge in [0.1, 0.15) is 11.4 Å². The number of amides is 1. The molecular formula is C19H14BrN5OS. The van der Waals surface area contributed by atoms with E-state index in [4.69, 9.17) is 0 Å². The van der Waals surface area contributed by atoms with Gasteiger partial charge in [-0.05, 0) is 40.2 Å². The second-order valence-corrected chi connectivity index (χ2v) is 7.44. The summed E-state index contributed by atoms with van der Waals surface area (Å²) in [5.74, 6) is 0.137. The first kappa shape index (κ1) is 17.7. The summed E-state index contributed by atoms with van der Waals surface area (Å²) in [7, 11) is 0. The van der Waals surface area contributed by atoms with Gasteiger partial charge in [-0.2, -0.15) is 5.10 Å². The fourth-order valence-electron chi connectivity index (χ4n) is 2.58. The molecule has 0 aliphatic rings. The van der Waals surface area contributed by atoms with Crippen LogP contribution in [0.25, 0.3) is 16.7 Å². The van der Waals surface area contributed by atoms with Gasteiger partial charge in [0.2, 0.25) is 5.91 Å². The van der Waals surface area contributed by atoms with E-state index in [0.29, 0.717) is 5.65 Å². The average molecular weight is 440 g/mol. The molecule has 0 saturated carbocycles. The highest BCUT2D eigenvalue weighted by molar-refractivity contribution is 9.10. The smallest absolute Gasteiger partial charge is 0.234 e. The third-order valence-corrected chi connectivity index (χ3v) is 5.51. The molecule has 2 heterocycles. The molecule has 0 atom stereocenters. The molecule has 0 radical (unpaired) electrons. The summed E-state index contributed by atoms with van der Waals surface area (Å²) < 4.78 is 2.61. The highest BCUT2D eigenvalue weighted by atomic mass is 79.9. The summed E-state index contributed by atoms with van der Waals surface area (Å²) in [5.41, 5.74) is 2.38. The Kier molecular flexibility index (Phi) is 5.17. The zero-order valence-corrected chi connectivity index (χ0v) is 16.4. The van der Waals surface area contributed by atoms with Gasteiger partial charge >= 0.3 is 0 Å². The zero-order chi connectivity index (χ0) is 18.6. The van der Waals surface area contributed by atoms with Crippen LogP contribution < -0.4 is 5.32 Å². The van der Waals surface area contributed by atoms with Crippen molar-refractivity contribution in [3.63, 3.8) is 0 Å². The first-order valence-corrected chi connectivity index (χ1v) is 9.91. The van der Waals surface area contributed by atoms with E-state index in [-0.39, 0.29) is 11.7 Å². The van der Waals surface area contributed by atoms with Gasteiger partial charge in [-0.15, -0.1) is 0 Å². The lowest BCUT2D eigenvalue weighted by Gasteiger charge is -2.07. The van der Waals surface area contributed by atoms with Gasteiger partial charge in [-0.3, -0.25) is 4.79 Å². The Hall–Kier alpha value is -2.71. The Morgan fingerprint density at radius 3 is 2.67 bits per heavy atom. The Balaban J connectivity index is 1.52. The highest BCUT2D eigenvalue weighted by Crippen LogP contribution is 2.26. The van der Waals surface area contributed by atoms with Gasteiger partial charge < -0.3 is 5.32 Å². The number of carbonyl (C=O) groups excluding carboxylic acids is 1. The summed E-state index contributed by atoms with van der Waals surface area (Å²) in [4.78, 5) is 21.0. The molecule has 0 fully saturated rings. The zero-order valence-electron chi connectivity index (χ0n) is 14.0. The maximum atomic E-state index is 12.3. The number of hydrogen-bond donors (Lipinski definition) is 1. The standard InChI is InChI=1S/C19H14BrN5OS/c20-15-8-4-5-9-16(15)24-17(26)11-27-19-14-10-23-25(18(14)21-12-22-19)13-6-2-1-3-7-13/h1-10,12H,11H2,(H,24,26). The number of fused-ring (bicyclic) bond motifs is 1. The van der Waals surface area contributed by atoms with E-state index in [2.05, 4.69) is 36.3 Å². The Morgan fingerprint density at radius 2 is 1.85 bits per heavy atom. The summed E-state index contributed by atoms with van der Waals surface area (Å²) in [6.07, 6.45) is 3.23. The summed E-state index contributed by atoms with van der Waals surface area (Å²) >= 11 is 4.78. The van der Waals surface area contributed by atoms with Crippen molar-refractivity contribution >= 4 is 50.3 Å². The molecule has 8 heteroatoms. The number of benzene rings is 2. The minimum atomic E-state index is -0.103. The third kappa shape index (κ3) is 3.86. The summed E-state index contributed by atoms with van der Waals surface area (Å²) in [6.45, 7) is 0. The molecule has 1 N–H and O–H groups in total. The molecule has 0 spiro atoms. The predicted octanol–water partition coefficient (Wildman–Crippen LogP) is 4.31. The maximum absolute atomic E-state index is 12.3. The quantitative estimate of drug-likeness (QED) is 0.370. The van der Waals surface area contributed by atoms with Crippen LogP contribution in [0.15, 0.2) is 76.6 Å². The average Bonchev–Trinajstić information content (AvgIpc) is 3.13. The number of para-hydroxylation sites is 2.